The molecule has 150 valence electrons. The van der Waals surface area contributed by atoms with Crippen LogP contribution in [0.15, 0.2) is 24.3 Å². The van der Waals surface area contributed by atoms with Crippen molar-refractivity contribution in [2.24, 2.45) is 0 Å². The highest BCUT2D eigenvalue weighted by atomic mass is 19.3. The van der Waals surface area contributed by atoms with E-state index in [0.29, 0.717) is 6.54 Å². The summed E-state index contributed by atoms with van der Waals surface area (Å²) in [6.45, 7) is -0.603. The number of rotatable bonds is 7. The number of likely N-dealkylation sites (N-methyl/N-ethyl adjacent to an activating group) is 1. The summed E-state index contributed by atoms with van der Waals surface area (Å²) in [6.07, 6.45) is 5.30. The fourth-order valence-electron chi connectivity index (χ4n) is 3.18. The molecule has 8 heteroatoms. The number of amides is 3. The maximum Gasteiger partial charge on any atom is 0.387 e. The Balaban J connectivity index is 1.79. The largest absolute Gasteiger partial charge is 0.435 e. The van der Waals surface area contributed by atoms with Gasteiger partial charge in [-0.15, -0.1) is 0 Å². The molecule has 0 heterocycles. The summed E-state index contributed by atoms with van der Waals surface area (Å²) in [5, 5.41) is 5.27. The zero-order chi connectivity index (χ0) is 19.8. The van der Waals surface area contributed by atoms with Gasteiger partial charge in [0.05, 0.1) is 7.05 Å². The Labute approximate surface area is 158 Å². The minimum absolute atomic E-state index is 0.0941. The maximum atomic E-state index is 12.3. The van der Waals surface area contributed by atoms with E-state index in [2.05, 4.69) is 15.4 Å². The summed E-state index contributed by atoms with van der Waals surface area (Å²) in [7, 11) is 1.84. The molecular weight excluding hydrogens is 356 g/mol. The third-order valence-electron chi connectivity index (χ3n) is 4.94. The van der Waals surface area contributed by atoms with Gasteiger partial charge in [0.25, 0.3) is 5.91 Å². The van der Waals surface area contributed by atoms with Gasteiger partial charge in [-0.05, 0) is 44.0 Å². The number of quaternary nitrogens is 1. The van der Waals surface area contributed by atoms with Crippen LogP contribution in [0, 0.1) is 0 Å². The first-order valence-electron chi connectivity index (χ1n) is 9.32. The number of imide groups is 1. The van der Waals surface area contributed by atoms with E-state index in [1.165, 1.54) is 18.6 Å². The second-order valence-electron chi connectivity index (χ2n) is 7.06. The molecule has 1 saturated carbocycles. The number of hydrogen-bond donors (Lipinski definition) is 3. The molecule has 2 atom stereocenters. The number of alkyl halides is 2. The van der Waals surface area contributed by atoms with Crippen molar-refractivity contribution >= 4 is 11.9 Å². The lowest BCUT2D eigenvalue weighted by molar-refractivity contribution is -0.908. The van der Waals surface area contributed by atoms with Gasteiger partial charge in [-0.3, -0.25) is 10.1 Å². The fourth-order valence-corrected chi connectivity index (χ4v) is 3.18. The van der Waals surface area contributed by atoms with E-state index in [4.69, 9.17) is 0 Å². The maximum absolute atomic E-state index is 12.3. The van der Waals surface area contributed by atoms with Crippen LogP contribution < -0.4 is 20.3 Å². The van der Waals surface area contributed by atoms with Crippen molar-refractivity contribution in [1.82, 2.24) is 10.6 Å². The quantitative estimate of drug-likeness (QED) is 0.672. The predicted octanol–water partition coefficient (Wildman–Crippen LogP) is 1.85. The summed E-state index contributed by atoms with van der Waals surface area (Å²) in [5.74, 6) is -0.255. The molecule has 1 aliphatic carbocycles. The van der Waals surface area contributed by atoms with Gasteiger partial charge < -0.3 is 15.0 Å². The van der Waals surface area contributed by atoms with Crippen molar-refractivity contribution in [3.63, 3.8) is 0 Å². The van der Waals surface area contributed by atoms with Crippen molar-refractivity contribution in [1.29, 1.82) is 0 Å². The predicted molar refractivity (Wildman–Crippen MR) is 96.7 cm³/mol. The molecule has 1 fully saturated rings. The van der Waals surface area contributed by atoms with Crippen LogP contribution >= 0.6 is 0 Å². The molecule has 0 radical (unpaired) electrons. The van der Waals surface area contributed by atoms with E-state index in [0.717, 1.165) is 36.1 Å². The highest BCUT2D eigenvalue weighted by Gasteiger charge is 2.25. The van der Waals surface area contributed by atoms with E-state index in [-0.39, 0.29) is 17.7 Å². The Kier molecular flexibility index (Phi) is 7.97. The number of benzene rings is 1. The average molecular weight is 384 g/mol. The molecule has 0 spiro atoms. The zero-order valence-corrected chi connectivity index (χ0v) is 15.8. The van der Waals surface area contributed by atoms with Crippen molar-refractivity contribution in [2.45, 2.75) is 64.3 Å². The number of nitrogens with one attached hydrogen (secondary N) is 3. The number of hydrogen-bond acceptors (Lipinski definition) is 3. The molecule has 1 unspecified atom stereocenters. The molecule has 0 aromatic heterocycles. The standard InChI is InChI=1S/C19H27F2N3O3/c1-13(17(25)23-19(26)22-15-6-4-3-5-7-15)24(2)12-14-8-10-16(11-9-14)27-18(20)21/h8-11,13,15,18H,3-7,12H2,1-2H3,(H2,22,23,25,26)/p+1/t13-/m0/s1. The Hall–Kier alpha value is -2.22. The molecule has 0 aliphatic heterocycles. The summed E-state index contributed by atoms with van der Waals surface area (Å²) in [6, 6.07) is 5.55. The Bertz CT molecular complexity index is 619. The summed E-state index contributed by atoms with van der Waals surface area (Å²) < 4.78 is 28.7. The lowest BCUT2D eigenvalue weighted by atomic mass is 9.96. The zero-order valence-electron chi connectivity index (χ0n) is 15.8. The highest BCUT2D eigenvalue weighted by molar-refractivity contribution is 5.96. The smallest absolute Gasteiger partial charge is 0.387 e. The lowest BCUT2D eigenvalue weighted by Crippen LogP contribution is -3.12. The minimum Gasteiger partial charge on any atom is -0.435 e. The van der Waals surface area contributed by atoms with Crippen molar-refractivity contribution < 1.29 is 28.0 Å². The third-order valence-corrected chi connectivity index (χ3v) is 4.94. The van der Waals surface area contributed by atoms with Crippen LogP contribution in [0.1, 0.15) is 44.6 Å². The van der Waals surface area contributed by atoms with E-state index < -0.39 is 18.7 Å². The molecule has 6 nitrogen and oxygen atoms in total. The first-order chi connectivity index (χ1) is 12.8. The first-order valence-corrected chi connectivity index (χ1v) is 9.32. The van der Waals surface area contributed by atoms with Crippen molar-refractivity contribution in [2.75, 3.05) is 7.05 Å². The molecule has 0 bridgehead atoms. The lowest BCUT2D eigenvalue weighted by Gasteiger charge is -2.24. The van der Waals surface area contributed by atoms with E-state index >= 15 is 0 Å². The average Bonchev–Trinajstić information content (AvgIpc) is 2.63. The van der Waals surface area contributed by atoms with Gasteiger partial charge in [0, 0.05) is 11.6 Å². The second kappa shape index (κ2) is 10.2. The first kappa shape index (κ1) is 21.1. The SMILES string of the molecule is C[C@@H](C(=O)NC(=O)NC1CCCCC1)[NH+](C)Cc1ccc(OC(F)F)cc1. The van der Waals surface area contributed by atoms with Gasteiger partial charge >= 0.3 is 12.6 Å². The van der Waals surface area contributed by atoms with Crippen LogP contribution in [0.5, 0.6) is 5.75 Å². The van der Waals surface area contributed by atoms with Crippen molar-refractivity contribution in [3.05, 3.63) is 29.8 Å². The molecule has 3 N–H and O–H groups in total. The number of halogens is 2. The molecular formula is C19H28F2N3O3+. The molecule has 2 rings (SSSR count). The van der Waals surface area contributed by atoms with Gasteiger partial charge in [0.2, 0.25) is 0 Å². The Morgan fingerprint density at radius 3 is 2.41 bits per heavy atom. The van der Waals surface area contributed by atoms with Gasteiger partial charge in [-0.2, -0.15) is 8.78 Å². The second-order valence-corrected chi connectivity index (χ2v) is 7.06. The van der Waals surface area contributed by atoms with E-state index in [1.54, 1.807) is 19.1 Å². The summed E-state index contributed by atoms with van der Waals surface area (Å²) >= 11 is 0. The minimum atomic E-state index is -2.85. The van der Waals surface area contributed by atoms with Crippen LogP contribution in [0.4, 0.5) is 13.6 Å². The van der Waals surface area contributed by atoms with E-state index in [1.807, 2.05) is 7.05 Å². The topological polar surface area (TPSA) is 71.9 Å². The van der Waals surface area contributed by atoms with Crippen molar-refractivity contribution in [3.8, 4) is 5.75 Å². The van der Waals surface area contributed by atoms with Crippen LogP contribution in [0.2, 0.25) is 0 Å². The molecule has 3 amide bonds. The summed E-state index contributed by atoms with van der Waals surface area (Å²) in [5.41, 5.74) is 0.875. The third kappa shape index (κ3) is 7.13. The van der Waals surface area contributed by atoms with Gasteiger partial charge in [-0.25, -0.2) is 4.79 Å². The van der Waals surface area contributed by atoms with Gasteiger partial charge in [0.15, 0.2) is 6.04 Å². The molecule has 27 heavy (non-hydrogen) atoms. The number of carbonyl (C=O) groups excluding carboxylic acids is 2. The molecule has 0 saturated heterocycles. The van der Waals surface area contributed by atoms with Gasteiger partial charge in [0.1, 0.15) is 12.3 Å². The number of carbonyl (C=O) groups is 2. The Morgan fingerprint density at radius 1 is 1.19 bits per heavy atom. The van der Waals surface area contributed by atoms with E-state index in [9.17, 15) is 18.4 Å². The fraction of sp³-hybridized carbons (Fsp3) is 0.579. The molecule has 1 aromatic rings. The highest BCUT2D eigenvalue weighted by Crippen LogP contribution is 2.17. The van der Waals surface area contributed by atoms with Gasteiger partial charge in [-0.1, -0.05) is 19.3 Å². The molecule has 1 aromatic carbocycles. The van der Waals surface area contributed by atoms with Crippen LogP contribution in [-0.4, -0.2) is 37.7 Å². The molecule has 1 aliphatic rings. The summed E-state index contributed by atoms with van der Waals surface area (Å²) in [4.78, 5) is 25.2. The van der Waals surface area contributed by atoms with Crippen LogP contribution in [0.25, 0.3) is 0 Å². The van der Waals surface area contributed by atoms with Crippen LogP contribution in [0.3, 0.4) is 0 Å². The Morgan fingerprint density at radius 2 is 1.81 bits per heavy atom. The number of ether oxygens (including phenoxy) is 1. The normalized spacial score (nSPS) is 17.2. The monoisotopic (exact) mass is 384 g/mol. The van der Waals surface area contributed by atoms with Crippen LogP contribution in [-0.2, 0) is 11.3 Å². The number of urea groups is 1.